The Morgan fingerprint density at radius 1 is 0.968 bits per heavy atom. The summed E-state index contributed by atoms with van der Waals surface area (Å²) in [7, 11) is 0. The molecule has 1 saturated heterocycles. The molecule has 158 valence electrons. The average Bonchev–Trinajstić information content (AvgIpc) is 3.33. The molecule has 0 aliphatic carbocycles. The average molecular weight is 433 g/mol. The number of nitrogens with one attached hydrogen (secondary N) is 2. The van der Waals surface area contributed by atoms with Gasteiger partial charge < -0.3 is 14.8 Å². The third-order valence-electron chi connectivity index (χ3n) is 5.05. The van der Waals surface area contributed by atoms with Crippen LogP contribution < -0.4 is 15.4 Å². The van der Waals surface area contributed by atoms with Crippen LogP contribution in [0.2, 0.25) is 0 Å². The predicted molar refractivity (Wildman–Crippen MR) is 126 cm³/mol. The van der Waals surface area contributed by atoms with Crippen molar-refractivity contribution in [2.45, 2.75) is 18.9 Å². The maximum atomic E-state index is 12.5. The lowest BCUT2D eigenvalue weighted by Crippen LogP contribution is -2.34. The summed E-state index contributed by atoms with van der Waals surface area (Å²) >= 11 is 5.28. The number of thiocarbonyl (C=S) groups is 1. The van der Waals surface area contributed by atoms with E-state index in [9.17, 15) is 4.79 Å². The number of anilines is 1. The molecule has 0 radical (unpaired) electrons. The van der Waals surface area contributed by atoms with Crippen molar-refractivity contribution in [2.24, 2.45) is 0 Å². The van der Waals surface area contributed by atoms with Gasteiger partial charge in [0.15, 0.2) is 5.11 Å². The van der Waals surface area contributed by atoms with E-state index in [2.05, 4.69) is 10.6 Å². The lowest BCUT2D eigenvalue weighted by atomic mass is 10.0. The van der Waals surface area contributed by atoms with Crippen molar-refractivity contribution in [1.82, 2.24) is 5.32 Å². The fraction of sp³-hybridized carbons (Fsp3) is 0.200. The summed E-state index contributed by atoms with van der Waals surface area (Å²) in [4.78, 5) is 12.5. The van der Waals surface area contributed by atoms with E-state index in [1.807, 2.05) is 66.7 Å². The monoisotopic (exact) mass is 432 g/mol. The second-order valence-corrected chi connectivity index (χ2v) is 7.73. The van der Waals surface area contributed by atoms with Gasteiger partial charge in [-0.25, -0.2) is 0 Å². The summed E-state index contributed by atoms with van der Waals surface area (Å²) in [6, 6.07) is 24.9. The zero-order chi connectivity index (χ0) is 21.5. The molecule has 1 aliphatic rings. The molecule has 1 fully saturated rings. The third kappa shape index (κ3) is 5.90. The van der Waals surface area contributed by atoms with Gasteiger partial charge in [-0.1, -0.05) is 42.5 Å². The van der Waals surface area contributed by atoms with Crippen LogP contribution >= 0.6 is 12.2 Å². The van der Waals surface area contributed by atoms with Gasteiger partial charge in [0, 0.05) is 17.9 Å². The molecule has 1 unspecified atom stereocenters. The largest absolute Gasteiger partial charge is 0.491 e. The number of ether oxygens (including phenoxy) is 2. The van der Waals surface area contributed by atoms with Crippen LogP contribution in [-0.2, 0) is 4.74 Å². The Morgan fingerprint density at radius 2 is 1.68 bits per heavy atom. The molecule has 1 heterocycles. The summed E-state index contributed by atoms with van der Waals surface area (Å²) in [6.07, 6.45) is 2.32. The quantitative estimate of drug-likeness (QED) is 0.535. The molecule has 6 heteroatoms. The zero-order valence-corrected chi connectivity index (χ0v) is 17.9. The van der Waals surface area contributed by atoms with Crippen LogP contribution in [0.15, 0.2) is 78.9 Å². The number of amides is 1. The molecule has 3 aromatic rings. The molecule has 1 aliphatic heterocycles. The molecule has 4 rings (SSSR count). The van der Waals surface area contributed by atoms with Crippen molar-refractivity contribution >= 4 is 28.9 Å². The molecule has 0 saturated carbocycles. The molecule has 31 heavy (non-hydrogen) atoms. The highest BCUT2D eigenvalue weighted by molar-refractivity contribution is 7.80. The number of hydrogen-bond acceptors (Lipinski definition) is 4. The number of carbonyl (C=O) groups is 1. The van der Waals surface area contributed by atoms with E-state index >= 15 is 0 Å². The minimum atomic E-state index is -0.256. The first-order valence-electron chi connectivity index (χ1n) is 10.3. The normalized spacial score (nSPS) is 15.3. The van der Waals surface area contributed by atoms with Crippen LogP contribution in [0, 0.1) is 0 Å². The summed E-state index contributed by atoms with van der Waals surface area (Å²) in [5, 5.41) is 5.98. The maximum absolute atomic E-state index is 12.5. The SMILES string of the molecule is O=C(NC(=S)Nc1ccc(OCC2CCCO2)cc1)c1ccc(-c2ccccc2)cc1. The smallest absolute Gasteiger partial charge is 0.257 e. The highest BCUT2D eigenvalue weighted by Gasteiger charge is 2.16. The third-order valence-corrected chi connectivity index (χ3v) is 5.26. The van der Waals surface area contributed by atoms with Crippen LogP contribution in [0.3, 0.4) is 0 Å². The second-order valence-electron chi connectivity index (χ2n) is 7.32. The Morgan fingerprint density at radius 3 is 2.35 bits per heavy atom. The molecule has 5 nitrogen and oxygen atoms in total. The second kappa shape index (κ2) is 10.2. The van der Waals surface area contributed by atoms with E-state index < -0.39 is 0 Å². The van der Waals surface area contributed by atoms with Crippen LogP contribution in [0.5, 0.6) is 5.75 Å². The topological polar surface area (TPSA) is 59.6 Å². The molecule has 0 bridgehead atoms. The van der Waals surface area contributed by atoms with Crippen LogP contribution in [0.1, 0.15) is 23.2 Å². The summed E-state index contributed by atoms with van der Waals surface area (Å²) < 4.78 is 11.3. The van der Waals surface area contributed by atoms with Gasteiger partial charge in [0.25, 0.3) is 5.91 Å². The Hall–Kier alpha value is -3.22. The maximum Gasteiger partial charge on any atom is 0.257 e. The van der Waals surface area contributed by atoms with Crippen molar-refractivity contribution in [1.29, 1.82) is 0 Å². The summed E-state index contributed by atoms with van der Waals surface area (Å²) in [6.45, 7) is 1.38. The minimum absolute atomic E-state index is 0.183. The molecule has 0 aromatic heterocycles. The van der Waals surface area contributed by atoms with Gasteiger partial charge in [0.05, 0.1) is 6.10 Å². The van der Waals surface area contributed by atoms with E-state index in [0.717, 1.165) is 42.0 Å². The highest BCUT2D eigenvalue weighted by atomic mass is 32.1. The first-order valence-corrected chi connectivity index (χ1v) is 10.7. The van der Waals surface area contributed by atoms with Crippen molar-refractivity contribution < 1.29 is 14.3 Å². The van der Waals surface area contributed by atoms with E-state index in [0.29, 0.717) is 12.2 Å². The van der Waals surface area contributed by atoms with Crippen LogP contribution in [0.4, 0.5) is 5.69 Å². The molecule has 3 aromatic carbocycles. The van der Waals surface area contributed by atoms with Gasteiger partial charge in [0.2, 0.25) is 0 Å². The van der Waals surface area contributed by atoms with E-state index in [-0.39, 0.29) is 17.1 Å². The van der Waals surface area contributed by atoms with Crippen molar-refractivity contribution in [3.05, 3.63) is 84.4 Å². The molecule has 0 spiro atoms. The fourth-order valence-electron chi connectivity index (χ4n) is 3.38. The highest BCUT2D eigenvalue weighted by Crippen LogP contribution is 2.20. The number of benzene rings is 3. The van der Waals surface area contributed by atoms with Gasteiger partial charge >= 0.3 is 0 Å². The molecule has 1 atom stereocenters. The minimum Gasteiger partial charge on any atom is -0.491 e. The first-order chi connectivity index (χ1) is 15.2. The van der Waals surface area contributed by atoms with Gasteiger partial charge in [-0.2, -0.15) is 0 Å². The van der Waals surface area contributed by atoms with Gasteiger partial charge in [0.1, 0.15) is 12.4 Å². The number of hydrogen-bond donors (Lipinski definition) is 2. The van der Waals surface area contributed by atoms with E-state index in [1.54, 1.807) is 12.1 Å². The number of rotatable bonds is 6. The Kier molecular flexibility index (Phi) is 6.92. The van der Waals surface area contributed by atoms with Gasteiger partial charge in [-0.3, -0.25) is 10.1 Å². The van der Waals surface area contributed by atoms with Gasteiger partial charge in [-0.15, -0.1) is 0 Å². The summed E-state index contributed by atoms with van der Waals surface area (Å²) in [5.74, 6) is 0.517. The zero-order valence-electron chi connectivity index (χ0n) is 17.0. The van der Waals surface area contributed by atoms with Crippen molar-refractivity contribution in [2.75, 3.05) is 18.5 Å². The van der Waals surface area contributed by atoms with Crippen molar-refractivity contribution in [3.63, 3.8) is 0 Å². The first kappa shape index (κ1) is 21.0. The van der Waals surface area contributed by atoms with Crippen LogP contribution in [0.25, 0.3) is 11.1 Å². The summed E-state index contributed by atoms with van der Waals surface area (Å²) in [5.41, 5.74) is 3.48. The van der Waals surface area contributed by atoms with E-state index in [1.165, 1.54) is 0 Å². The van der Waals surface area contributed by atoms with Crippen LogP contribution in [-0.4, -0.2) is 30.3 Å². The standard InChI is InChI=1S/C25H24N2O3S/c28-24(20-10-8-19(9-11-20)18-5-2-1-3-6-18)27-25(31)26-21-12-14-22(15-13-21)30-17-23-7-4-16-29-23/h1-3,5-6,8-15,23H,4,7,16-17H2,(H2,26,27,28,31). The van der Waals surface area contributed by atoms with Gasteiger partial charge in [-0.05, 0) is 72.6 Å². The lowest BCUT2D eigenvalue weighted by Gasteiger charge is -2.13. The van der Waals surface area contributed by atoms with Crippen molar-refractivity contribution in [3.8, 4) is 16.9 Å². The Bertz CT molecular complexity index is 1010. The van der Waals surface area contributed by atoms with E-state index in [4.69, 9.17) is 21.7 Å². The molecular weight excluding hydrogens is 408 g/mol. The molecule has 2 N–H and O–H groups in total. The lowest BCUT2D eigenvalue weighted by molar-refractivity contribution is 0.0679. The Balaban J connectivity index is 1.27. The molecule has 1 amide bonds. The predicted octanol–water partition coefficient (Wildman–Crippen LogP) is 5.04. The number of carbonyl (C=O) groups excluding carboxylic acids is 1. The Labute approximate surface area is 187 Å². The fourth-order valence-corrected chi connectivity index (χ4v) is 3.59. The molecular formula is C25H24N2O3S.